The summed E-state index contributed by atoms with van der Waals surface area (Å²) >= 11 is 6.41. The van der Waals surface area contributed by atoms with Crippen molar-refractivity contribution in [1.29, 1.82) is 0 Å². The molecule has 1 aromatic carbocycles. The van der Waals surface area contributed by atoms with Crippen LogP contribution in [0.25, 0.3) is 0 Å². The highest BCUT2D eigenvalue weighted by molar-refractivity contribution is 6.31. The van der Waals surface area contributed by atoms with Gasteiger partial charge >= 0.3 is 0 Å². The maximum atomic E-state index is 6.41. The molecule has 1 unspecified atom stereocenters. The predicted octanol–water partition coefficient (Wildman–Crippen LogP) is 3.36. The first kappa shape index (κ1) is 16.8. The lowest BCUT2D eigenvalue weighted by atomic mass is 9.82. The molecule has 1 aliphatic rings. The van der Waals surface area contributed by atoms with Crippen LogP contribution in [0.3, 0.4) is 0 Å². The van der Waals surface area contributed by atoms with Gasteiger partial charge in [-0.1, -0.05) is 30.7 Å². The molecule has 0 aromatic heterocycles. The van der Waals surface area contributed by atoms with Crippen LogP contribution in [0.2, 0.25) is 5.02 Å². The Morgan fingerprint density at radius 3 is 2.67 bits per heavy atom. The first-order valence-corrected chi connectivity index (χ1v) is 8.10. The summed E-state index contributed by atoms with van der Waals surface area (Å²) < 4.78 is 11.5. The third-order valence-corrected chi connectivity index (χ3v) is 4.82. The number of methoxy groups -OCH3 is 1. The molecule has 3 nitrogen and oxygen atoms in total. The van der Waals surface area contributed by atoms with Gasteiger partial charge in [0, 0.05) is 44.2 Å². The second-order valence-electron chi connectivity index (χ2n) is 5.79. The van der Waals surface area contributed by atoms with E-state index in [4.69, 9.17) is 21.1 Å². The molecule has 1 N–H and O–H groups in total. The van der Waals surface area contributed by atoms with Crippen molar-refractivity contribution in [2.75, 3.05) is 26.9 Å². The SMILES string of the molecule is CCNC(Cc1ccc(C)cc1Cl)C1(OC)CCOCC1. The third kappa shape index (κ3) is 3.98. The van der Waals surface area contributed by atoms with Crippen LogP contribution in [0.5, 0.6) is 0 Å². The lowest BCUT2D eigenvalue weighted by molar-refractivity contribution is -0.110. The first-order valence-electron chi connectivity index (χ1n) is 7.72. The highest BCUT2D eigenvalue weighted by atomic mass is 35.5. The highest BCUT2D eigenvalue weighted by Gasteiger charge is 2.40. The van der Waals surface area contributed by atoms with Gasteiger partial charge in [-0.15, -0.1) is 0 Å². The van der Waals surface area contributed by atoms with Gasteiger partial charge in [0.15, 0.2) is 0 Å². The smallest absolute Gasteiger partial charge is 0.0877 e. The van der Waals surface area contributed by atoms with Crippen LogP contribution in [0.4, 0.5) is 0 Å². The molecule has 1 saturated heterocycles. The number of hydrogen-bond donors (Lipinski definition) is 1. The number of benzene rings is 1. The molecule has 1 heterocycles. The van der Waals surface area contributed by atoms with Crippen LogP contribution in [-0.2, 0) is 15.9 Å². The van der Waals surface area contributed by atoms with Crippen molar-refractivity contribution >= 4 is 11.6 Å². The number of aryl methyl sites for hydroxylation is 1. The van der Waals surface area contributed by atoms with E-state index in [9.17, 15) is 0 Å². The van der Waals surface area contributed by atoms with Gasteiger partial charge in [0.1, 0.15) is 0 Å². The summed E-state index contributed by atoms with van der Waals surface area (Å²) in [7, 11) is 1.81. The van der Waals surface area contributed by atoms with Gasteiger partial charge in [0.25, 0.3) is 0 Å². The van der Waals surface area contributed by atoms with E-state index >= 15 is 0 Å². The Bertz CT molecular complexity index is 458. The second kappa shape index (κ2) is 7.59. The van der Waals surface area contributed by atoms with Gasteiger partial charge in [0.2, 0.25) is 0 Å². The average molecular weight is 312 g/mol. The van der Waals surface area contributed by atoms with E-state index < -0.39 is 0 Å². The Kier molecular flexibility index (Phi) is 6.06. The van der Waals surface area contributed by atoms with Crippen molar-refractivity contribution in [3.05, 3.63) is 34.3 Å². The fourth-order valence-electron chi connectivity index (χ4n) is 3.14. The van der Waals surface area contributed by atoms with E-state index in [0.29, 0.717) is 0 Å². The van der Waals surface area contributed by atoms with Crippen LogP contribution < -0.4 is 5.32 Å². The molecule has 1 aromatic rings. The highest BCUT2D eigenvalue weighted by Crippen LogP contribution is 2.31. The summed E-state index contributed by atoms with van der Waals surface area (Å²) in [5.41, 5.74) is 2.20. The number of ether oxygens (including phenoxy) is 2. The van der Waals surface area contributed by atoms with E-state index in [-0.39, 0.29) is 11.6 Å². The fourth-order valence-corrected chi connectivity index (χ4v) is 3.45. The normalized spacial score (nSPS) is 19.4. The molecule has 0 radical (unpaired) electrons. The lowest BCUT2D eigenvalue weighted by Gasteiger charge is -2.43. The number of hydrogen-bond acceptors (Lipinski definition) is 3. The monoisotopic (exact) mass is 311 g/mol. The molecule has 1 atom stereocenters. The molecule has 0 aliphatic carbocycles. The zero-order valence-electron chi connectivity index (χ0n) is 13.2. The van der Waals surface area contributed by atoms with Crippen molar-refractivity contribution in [1.82, 2.24) is 5.32 Å². The fraction of sp³-hybridized carbons (Fsp3) is 0.647. The van der Waals surface area contributed by atoms with E-state index in [0.717, 1.165) is 44.0 Å². The van der Waals surface area contributed by atoms with Gasteiger partial charge in [-0.25, -0.2) is 0 Å². The Morgan fingerprint density at radius 2 is 2.10 bits per heavy atom. The van der Waals surface area contributed by atoms with Crippen LogP contribution in [-0.4, -0.2) is 38.5 Å². The number of nitrogens with one attached hydrogen (secondary N) is 1. The standard InChI is InChI=1S/C17H26ClNO2/c1-4-19-16(17(20-3)7-9-21-10-8-17)12-14-6-5-13(2)11-15(14)18/h5-6,11,16,19H,4,7-10,12H2,1-3H3. The Hall–Kier alpha value is -0.610. The van der Waals surface area contributed by atoms with Crippen LogP contribution in [0.15, 0.2) is 18.2 Å². The number of rotatable bonds is 6. The minimum Gasteiger partial charge on any atom is -0.381 e. The molecule has 118 valence electrons. The van der Waals surface area contributed by atoms with Crippen molar-refractivity contribution in [2.24, 2.45) is 0 Å². The molecule has 21 heavy (non-hydrogen) atoms. The molecule has 4 heteroatoms. The minimum atomic E-state index is -0.164. The van der Waals surface area contributed by atoms with Crippen LogP contribution in [0.1, 0.15) is 30.9 Å². The topological polar surface area (TPSA) is 30.5 Å². The Morgan fingerprint density at radius 1 is 1.38 bits per heavy atom. The Labute approximate surface area is 133 Å². The molecule has 1 aliphatic heterocycles. The number of likely N-dealkylation sites (N-methyl/N-ethyl adjacent to an activating group) is 1. The molecular formula is C17H26ClNO2. The lowest BCUT2D eigenvalue weighted by Crippen LogP contribution is -2.56. The first-order chi connectivity index (χ1) is 10.1. The average Bonchev–Trinajstić information content (AvgIpc) is 2.50. The quantitative estimate of drug-likeness (QED) is 0.874. The van der Waals surface area contributed by atoms with Crippen molar-refractivity contribution in [3.8, 4) is 0 Å². The molecule has 2 rings (SSSR count). The summed E-state index contributed by atoms with van der Waals surface area (Å²) in [5, 5.41) is 4.44. The molecule has 0 bridgehead atoms. The van der Waals surface area contributed by atoms with Crippen LogP contribution in [0, 0.1) is 6.92 Å². The van der Waals surface area contributed by atoms with Crippen LogP contribution >= 0.6 is 11.6 Å². The summed E-state index contributed by atoms with van der Waals surface area (Å²) in [5.74, 6) is 0. The molecule has 0 saturated carbocycles. The summed E-state index contributed by atoms with van der Waals surface area (Å²) in [6.45, 7) is 6.63. The Balaban J connectivity index is 2.21. The maximum Gasteiger partial charge on any atom is 0.0877 e. The zero-order chi connectivity index (χ0) is 15.3. The molecule has 0 amide bonds. The maximum absolute atomic E-state index is 6.41. The van der Waals surface area contributed by atoms with Gasteiger partial charge in [-0.2, -0.15) is 0 Å². The van der Waals surface area contributed by atoms with Gasteiger partial charge in [-0.3, -0.25) is 0 Å². The van der Waals surface area contributed by atoms with E-state index in [1.165, 1.54) is 11.1 Å². The van der Waals surface area contributed by atoms with E-state index in [2.05, 4.69) is 31.3 Å². The minimum absolute atomic E-state index is 0.164. The summed E-state index contributed by atoms with van der Waals surface area (Å²) in [6.07, 6.45) is 2.72. The summed E-state index contributed by atoms with van der Waals surface area (Å²) in [4.78, 5) is 0. The molecule has 0 spiro atoms. The van der Waals surface area contributed by atoms with E-state index in [1.54, 1.807) is 0 Å². The zero-order valence-corrected chi connectivity index (χ0v) is 14.0. The van der Waals surface area contributed by atoms with Crippen molar-refractivity contribution in [2.45, 2.75) is 44.8 Å². The number of halogens is 1. The third-order valence-electron chi connectivity index (χ3n) is 4.46. The largest absolute Gasteiger partial charge is 0.381 e. The van der Waals surface area contributed by atoms with Gasteiger partial charge in [0.05, 0.1) is 5.60 Å². The predicted molar refractivity (Wildman–Crippen MR) is 87.2 cm³/mol. The van der Waals surface area contributed by atoms with Gasteiger partial charge in [-0.05, 0) is 37.1 Å². The summed E-state index contributed by atoms with van der Waals surface area (Å²) in [6, 6.07) is 6.53. The van der Waals surface area contributed by atoms with E-state index in [1.807, 2.05) is 13.2 Å². The molecule has 1 fully saturated rings. The molecular weight excluding hydrogens is 286 g/mol. The van der Waals surface area contributed by atoms with Gasteiger partial charge < -0.3 is 14.8 Å². The second-order valence-corrected chi connectivity index (χ2v) is 6.20. The van der Waals surface area contributed by atoms with Crippen molar-refractivity contribution in [3.63, 3.8) is 0 Å². The van der Waals surface area contributed by atoms with Crippen molar-refractivity contribution < 1.29 is 9.47 Å².